The van der Waals surface area contributed by atoms with Crippen LogP contribution >= 0.6 is 15.9 Å². The second-order valence-corrected chi connectivity index (χ2v) is 4.33. The minimum absolute atomic E-state index is 0.0720. The van der Waals surface area contributed by atoms with E-state index in [0.717, 1.165) is 10.0 Å². The summed E-state index contributed by atoms with van der Waals surface area (Å²) in [6.07, 6.45) is 5.61. The Kier molecular flexibility index (Phi) is 5.07. The highest BCUT2D eigenvalue weighted by Crippen LogP contribution is 2.11. The van der Waals surface area contributed by atoms with Crippen LogP contribution in [0, 0.1) is 12.3 Å². The van der Waals surface area contributed by atoms with Crippen LogP contribution in [-0.2, 0) is 11.2 Å². The van der Waals surface area contributed by atoms with Crippen molar-refractivity contribution in [3.8, 4) is 12.3 Å². The lowest BCUT2D eigenvalue weighted by molar-refractivity contribution is -0.129. The number of hydrogen-bond donors (Lipinski definition) is 0. The SMILES string of the molecule is C#CCN(CC)C(=O)Cc1ccc(Br)cc1. The molecule has 0 saturated heterocycles. The predicted octanol–water partition coefficient (Wildman–Crippen LogP) is 2.47. The molecule has 0 radical (unpaired) electrons. The van der Waals surface area contributed by atoms with Gasteiger partial charge in [0.15, 0.2) is 0 Å². The van der Waals surface area contributed by atoms with Crippen molar-refractivity contribution in [2.45, 2.75) is 13.3 Å². The summed E-state index contributed by atoms with van der Waals surface area (Å²) in [4.78, 5) is 13.5. The summed E-state index contributed by atoms with van der Waals surface area (Å²) < 4.78 is 1.01. The molecule has 0 aliphatic carbocycles. The van der Waals surface area contributed by atoms with Gasteiger partial charge in [0.25, 0.3) is 0 Å². The van der Waals surface area contributed by atoms with Crippen molar-refractivity contribution in [3.05, 3.63) is 34.3 Å². The summed E-state index contributed by atoms with van der Waals surface area (Å²) in [6.45, 7) is 2.96. The number of carbonyl (C=O) groups is 1. The quantitative estimate of drug-likeness (QED) is 0.776. The molecule has 1 rings (SSSR count). The summed E-state index contributed by atoms with van der Waals surface area (Å²) in [5.74, 6) is 2.56. The van der Waals surface area contributed by atoms with Gasteiger partial charge in [-0.1, -0.05) is 34.0 Å². The number of halogens is 1. The predicted molar refractivity (Wildman–Crippen MR) is 68.9 cm³/mol. The van der Waals surface area contributed by atoms with Gasteiger partial charge in [0.05, 0.1) is 13.0 Å². The highest BCUT2D eigenvalue weighted by Gasteiger charge is 2.10. The maximum Gasteiger partial charge on any atom is 0.227 e. The van der Waals surface area contributed by atoms with Crippen molar-refractivity contribution in [1.82, 2.24) is 4.90 Å². The number of amides is 1. The molecule has 16 heavy (non-hydrogen) atoms. The van der Waals surface area contributed by atoms with E-state index >= 15 is 0 Å². The van der Waals surface area contributed by atoms with Crippen LogP contribution in [0.3, 0.4) is 0 Å². The van der Waals surface area contributed by atoms with Gasteiger partial charge in [0.2, 0.25) is 5.91 Å². The van der Waals surface area contributed by atoms with E-state index in [9.17, 15) is 4.79 Å². The van der Waals surface area contributed by atoms with Crippen molar-refractivity contribution in [1.29, 1.82) is 0 Å². The Morgan fingerprint density at radius 1 is 1.44 bits per heavy atom. The van der Waals surface area contributed by atoms with Gasteiger partial charge in [-0.2, -0.15) is 0 Å². The second-order valence-electron chi connectivity index (χ2n) is 3.42. The zero-order valence-corrected chi connectivity index (χ0v) is 10.8. The van der Waals surface area contributed by atoms with Crippen molar-refractivity contribution in [2.24, 2.45) is 0 Å². The molecule has 2 nitrogen and oxygen atoms in total. The van der Waals surface area contributed by atoms with Gasteiger partial charge in [0, 0.05) is 11.0 Å². The third kappa shape index (κ3) is 3.71. The van der Waals surface area contributed by atoms with E-state index in [1.54, 1.807) is 4.90 Å². The number of carbonyl (C=O) groups excluding carboxylic acids is 1. The summed E-state index contributed by atoms with van der Waals surface area (Å²) in [6, 6.07) is 7.73. The number of terminal acetylenes is 1. The minimum atomic E-state index is 0.0720. The van der Waals surface area contributed by atoms with Crippen LogP contribution in [0.4, 0.5) is 0 Å². The molecule has 0 unspecified atom stereocenters. The molecule has 0 N–H and O–H groups in total. The van der Waals surface area contributed by atoms with Gasteiger partial charge in [-0.05, 0) is 24.6 Å². The zero-order valence-electron chi connectivity index (χ0n) is 9.24. The third-order valence-electron chi connectivity index (χ3n) is 2.29. The standard InChI is InChI=1S/C13H14BrNO/c1-3-9-15(4-2)13(16)10-11-5-7-12(14)8-6-11/h1,5-8H,4,9-10H2,2H3. The molecule has 0 saturated carbocycles. The minimum Gasteiger partial charge on any atom is -0.332 e. The highest BCUT2D eigenvalue weighted by molar-refractivity contribution is 9.10. The Balaban J connectivity index is 2.63. The van der Waals surface area contributed by atoms with Gasteiger partial charge in [-0.25, -0.2) is 0 Å². The summed E-state index contributed by atoms with van der Waals surface area (Å²) in [7, 11) is 0. The topological polar surface area (TPSA) is 20.3 Å². The van der Waals surface area contributed by atoms with E-state index < -0.39 is 0 Å². The molecule has 0 aliphatic heterocycles. The third-order valence-corrected chi connectivity index (χ3v) is 2.81. The lowest BCUT2D eigenvalue weighted by atomic mass is 10.1. The van der Waals surface area contributed by atoms with E-state index in [4.69, 9.17) is 6.42 Å². The lowest BCUT2D eigenvalue weighted by Crippen LogP contribution is -2.32. The molecule has 0 atom stereocenters. The van der Waals surface area contributed by atoms with Crippen LogP contribution in [0.25, 0.3) is 0 Å². The van der Waals surface area contributed by atoms with Crippen LogP contribution in [-0.4, -0.2) is 23.9 Å². The molecule has 0 spiro atoms. The molecule has 0 bridgehead atoms. The van der Waals surface area contributed by atoms with Crippen LogP contribution in [0.2, 0.25) is 0 Å². The molecule has 1 aromatic carbocycles. The molecule has 0 aliphatic rings. The smallest absolute Gasteiger partial charge is 0.227 e. The lowest BCUT2D eigenvalue weighted by Gasteiger charge is -2.17. The second kappa shape index (κ2) is 6.34. The first-order chi connectivity index (χ1) is 7.67. The first-order valence-corrected chi connectivity index (χ1v) is 5.92. The van der Waals surface area contributed by atoms with Crippen molar-refractivity contribution in [3.63, 3.8) is 0 Å². The fourth-order valence-electron chi connectivity index (χ4n) is 1.38. The van der Waals surface area contributed by atoms with Gasteiger partial charge >= 0.3 is 0 Å². The average molecular weight is 280 g/mol. The fourth-order valence-corrected chi connectivity index (χ4v) is 1.64. The molecule has 0 fully saturated rings. The Morgan fingerprint density at radius 2 is 2.06 bits per heavy atom. The van der Waals surface area contributed by atoms with Crippen molar-refractivity contribution in [2.75, 3.05) is 13.1 Å². The molecule has 0 aromatic heterocycles. The summed E-state index contributed by atoms with van der Waals surface area (Å²) in [5.41, 5.74) is 1.00. The molecule has 84 valence electrons. The van der Waals surface area contributed by atoms with Crippen LogP contribution in [0.5, 0.6) is 0 Å². The monoisotopic (exact) mass is 279 g/mol. The van der Waals surface area contributed by atoms with E-state index in [-0.39, 0.29) is 5.91 Å². The van der Waals surface area contributed by atoms with Gasteiger partial charge in [0.1, 0.15) is 0 Å². The largest absolute Gasteiger partial charge is 0.332 e. The Hall–Kier alpha value is -1.27. The first-order valence-electron chi connectivity index (χ1n) is 5.13. The van der Waals surface area contributed by atoms with Crippen LogP contribution in [0.1, 0.15) is 12.5 Å². The van der Waals surface area contributed by atoms with E-state index in [1.165, 1.54) is 0 Å². The van der Waals surface area contributed by atoms with Crippen LogP contribution in [0.15, 0.2) is 28.7 Å². The average Bonchev–Trinajstić information content (AvgIpc) is 2.29. The first kappa shape index (κ1) is 12.8. The van der Waals surface area contributed by atoms with Gasteiger partial charge in [-0.15, -0.1) is 6.42 Å². The van der Waals surface area contributed by atoms with E-state index in [1.807, 2.05) is 31.2 Å². The Labute approximate surface area is 105 Å². The van der Waals surface area contributed by atoms with Crippen LogP contribution < -0.4 is 0 Å². The zero-order chi connectivity index (χ0) is 12.0. The number of likely N-dealkylation sites (N-methyl/N-ethyl adjacent to an activating group) is 1. The van der Waals surface area contributed by atoms with Gasteiger partial charge in [-0.3, -0.25) is 4.79 Å². The molecular weight excluding hydrogens is 266 g/mol. The fraction of sp³-hybridized carbons (Fsp3) is 0.308. The number of hydrogen-bond acceptors (Lipinski definition) is 1. The van der Waals surface area contributed by atoms with Crippen molar-refractivity contribution >= 4 is 21.8 Å². The highest BCUT2D eigenvalue weighted by atomic mass is 79.9. The number of rotatable bonds is 4. The number of nitrogens with zero attached hydrogens (tertiary/aromatic N) is 1. The Bertz CT molecular complexity index is 391. The van der Waals surface area contributed by atoms with E-state index in [0.29, 0.717) is 19.5 Å². The van der Waals surface area contributed by atoms with Gasteiger partial charge < -0.3 is 4.90 Å². The summed E-state index contributed by atoms with van der Waals surface area (Å²) in [5, 5.41) is 0. The molecule has 1 aromatic rings. The summed E-state index contributed by atoms with van der Waals surface area (Å²) >= 11 is 3.36. The molecular formula is C13H14BrNO. The maximum absolute atomic E-state index is 11.8. The van der Waals surface area contributed by atoms with E-state index in [2.05, 4.69) is 21.9 Å². The maximum atomic E-state index is 11.8. The number of benzene rings is 1. The van der Waals surface area contributed by atoms with Crippen molar-refractivity contribution < 1.29 is 4.79 Å². The molecule has 3 heteroatoms. The Morgan fingerprint density at radius 3 is 2.56 bits per heavy atom. The molecule has 0 heterocycles. The molecule has 1 amide bonds. The normalized spacial score (nSPS) is 9.56.